The van der Waals surface area contributed by atoms with Gasteiger partial charge in [-0.1, -0.05) is 18.2 Å². The maximum absolute atomic E-state index is 12.4. The zero-order valence-corrected chi connectivity index (χ0v) is 15.6. The van der Waals surface area contributed by atoms with E-state index >= 15 is 0 Å². The van der Waals surface area contributed by atoms with Crippen LogP contribution in [0.5, 0.6) is 11.5 Å². The van der Waals surface area contributed by atoms with E-state index in [2.05, 4.69) is 10.6 Å². The minimum Gasteiger partial charge on any atom is -0.550 e. The summed E-state index contributed by atoms with van der Waals surface area (Å²) in [5, 5.41) is 15.8. The number of benzene rings is 2. The number of aliphatic carboxylic acids is 1. The van der Waals surface area contributed by atoms with Crippen LogP contribution in [0.1, 0.15) is 29.6 Å². The third-order valence-electron chi connectivity index (χ3n) is 3.86. The van der Waals surface area contributed by atoms with Gasteiger partial charge in [-0.05, 0) is 25.0 Å². The van der Waals surface area contributed by atoms with E-state index in [-0.39, 0.29) is 31.1 Å². The molecular formula is C20H21N2O6-. The van der Waals surface area contributed by atoms with Gasteiger partial charge in [0.1, 0.15) is 11.5 Å². The molecule has 0 aromatic heterocycles. The first-order chi connectivity index (χ1) is 13.4. The van der Waals surface area contributed by atoms with Crippen molar-refractivity contribution in [1.82, 2.24) is 0 Å². The number of methoxy groups -OCH3 is 2. The van der Waals surface area contributed by atoms with Crippen LogP contribution in [0.3, 0.4) is 0 Å². The number of carbonyl (C=O) groups excluding carboxylic acids is 3. The van der Waals surface area contributed by atoms with Gasteiger partial charge in [-0.15, -0.1) is 0 Å². The van der Waals surface area contributed by atoms with Gasteiger partial charge in [0.25, 0.3) is 5.91 Å². The Bertz CT molecular complexity index is 851. The van der Waals surface area contributed by atoms with Crippen molar-refractivity contribution in [1.29, 1.82) is 0 Å². The first-order valence-corrected chi connectivity index (χ1v) is 8.56. The lowest BCUT2D eigenvalue weighted by atomic mass is 10.2. The minimum absolute atomic E-state index is 0.0198. The summed E-state index contributed by atoms with van der Waals surface area (Å²) in [7, 11) is 2.86. The predicted molar refractivity (Wildman–Crippen MR) is 101 cm³/mol. The van der Waals surface area contributed by atoms with Crippen molar-refractivity contribution in [2.24, 2.45) is 0 Å². The number of carboxylic acid groups (broad SMARTS) is 1. The van der Waals surface area contributed by atoms with E-state index in [1.165, 1.54) is 26.4 Å². The van der Waals surface area contributed by atoms with E-state index in [9.17, 15) is 19.5 Å². The molecule has 0 aliphatic rings. The van der Waals surface area contributed by atoms with Gasteiger partial charge < -0.3 is 30.0 Å². The van der Waals surface area contributed by atoms with Crippen LogP contribution in [0.15, 0.2) is 42.5 Å². The molecule has 2 amide bonds. The van der Waals surface area contributed by atoms with E-state index < -0.39 is 5.97 Å². The molecule has 0 radical (unpaired) electrons. The van der Waals surface area contributed by atoms with Crippen LogP contribution in [0.4, 0.5) is 11.4 Å². The second-order valence-electron chi connectivity index (χ2n) is 5.85. The van der Waals surface area contributed by atoms with Crippen LogP contribution in [-0.4, -0.2) is 32.0 Å². The topological polar surface area (TPSA) is 117 Å². The fourth-order valence-electron chi connectivity index (χ4n) is 2.48. The quantitative estimate of drug-likeness (QED) is 0.680. The van der Waals surface area contributed by atoms with Gasteiger partial charge in [0, 0.05) is 30.1 Å². The Hall–Kier alpha value is -3.55. The number of carbonyl (C=O) groups is 3. The highest BCUT2D eigenvalue weighted by Gasteiger charge is 2.16. The molecule has 0 saturated carbocycles. The number of hydrogen-bond donors (Lipinski definition) is 2. The van der Waals surface area contributed by atoms with Gasteiger partial charge in [-0.3, -0.25) is 9.59 Å². The van der Waals surface area contributed by atoms with Crippen molar-refractivity contribution >= 4 is 29.2 Å². The van der Waals surface area contributed by atoms with Crippen LogP contribution >= 0.6 is 0 Å². The van der Waals surface area contributed by atoms with E-state index in [1.54, 1.807) is 24.3 Å². The number of carboxylic acids is 1. The first kappa shape index (κ1) is 20.8. The Kier molecular flexibility index (Phi) is 7.38. The Morgan fingerprint density at radius 3 is 2.00 bits per heavy atom. The molecule has 0 unspecified atom stereocenters. The number of amides is 2. The van der Waals surface area contributed by atoms with Crippen LogP contribution < -0.4 is 25.2 Å². The van der Waals surface area contributed by atoms with E-state index in [1.807, 2.05) is 6.07 Å². The monoisotopic (exact) mass is 385 g/mol. The van der Waals surface area contributed by atoms with Crippen molar-refractivity contribution in [2.45, 2.75) is 19.3 Å². The summed E-state index contributed by atoms with van der Waals surface area (Å²) in [5.74, 6) is -1.25. The molecule has 0 aliphatic carbocycles. The summed E-state index contributed by atoms with van der Waals surface area (Å²) in [6, 6.07) is 11.7. The molecule has 0 aliphatic heterocycles. The molecule has 2 aromatic rings. The number of nitrogens with one attached hydrogen (secondary N) is 2. The van der Waals surface area contributed by atoms with Crippen molar-refractivity contribution in [3.63, 3.8) is 0 Å². The Labute approximate surface area is 162 Å². The number of ether oxygens (including phenoxy) is 2. The predicted octanol–water partition coefficient (Wildman–Crippen LogP) is 1.81. The molecule has 2 aromatic carbocycles. The second-order valence-corrected chi connectivity index (χ2v) is 5.85. The van der Waals surface area contributed by atoms with Gasteiger partial charge in [0.15, 0.2) is 0 Å². The van der Waals surface area contributed by atoms with Crippen LogP contribution in [-0.2, 0) is 9.59 Å². The fraction of sp³-hybridized carbons (Fsp3) is 0.250. The molecule has 0 saturated heterocycles. The second kappa shape index (κ2) is 9.96. The van der Waals surface area contributed by atoms with Gasteiger partial charge in [-0.25, -0.2) is 0 Å². The van der Waals surface area contributed by atoms with Crippen molar-refractivity contribution in [3.8, 4) is 11.5 Å². The standard InChI is InChI=1S/C20H22N2O6/c1-27-16-12-15(22-20(26)13-7-4-3-5-8-13)17(28-2)11-14(16)21-18(23)9-6-10-19(24)25/h3-5,7-8,11-12H,6,9-10H2,1-2H3,(H,21,23)(H,22,26)(H,24,25)/p-1. The third-order valence-corrected chi connectivity index (χ3v) is 3.86. The molecule has 8 nitrogen and oxygen atoms in total. The lowest BCUT2D eigenvalue weighted by Crippen LogP contribution is -2.22. The largest absolute Gasteiger partial charge is 0.550 e. The summed E-state index contributed by atoms with van der Waals surface area (Å²) in [6.07, 6.45) is -0.0108. The minimum atomic E-state index is -1.20. The summed E-state index contributed by atoms with van der Waals surface area (Å²) in [5.41, 5.74) is 1.20. The molecule has 0 atom stereocenters. The number of hydrogen-bond acceptors (Lipinski definition) is 6. The zero-order valence-electron chi connectivity index (χ0n) is 15.6. The van der Waals surface area contributed by atoms with Crippen molar-refractivity contribution < 1.29 is 29.0 Å². The molecule has 2 N–H and O–H groups in total. The molecule has 0 heterocycles. The van der Waals surface area contributed by atoms with E-state index in [0.29, 0.717) is 28.4 Å². The smallest absolute Gasteiger partial charge is 0.255 e. The molecule has 2 rings (SSSR count). The summed E-state index contributed by atoms with van der Waals surface area (Å²) in [6.45, 7) is 0. The lowest BCUT2D eigenvalue weighted by Gasteiger charge is -2.16. The van der Waals surface area contributed by atoms with Crippen LogP contribution in [0.2, 0.25) is 0 Å². The van der Waals surface area contributed by atoms with E-state index in [4.69, 9.17) is 9.47 Å². The fourth-order valence-corrected chi connectivity index (χ4v) is 2.48. The van der Waals surface area contributed by atoms with Gasteiger partial charge in [0.05, 0.1) is 25.6 Å². The Balaban J connectivity index is 2.17. The van der Waals surface area contributed by atoms with E-state index in [0.717, 1.165) is 0 Å². The molecule has 148 valence electrons. The number of rotatable bonds is 9. The van der Waals surface area contributed by atoms with Crippen molar-refractivity contribution in [2.75, 3.05) is 24.9 Å². The maximum atomic E-state index is 12.4. The van der Waals surface area contributed by atoms with Crippen LogP contribution in [0, 0.1) is 0 Å². The first-order valence-electron chi connectivity index (χ1n) is 8.56. The molecular weight excluding hydrogens is 364 g/mol. The lowest BCUT2D eigenvalue weighted by molar-refractivity contribution is -0.305. The highest BCUT2D eigenvalue weighted by atomic mass is 16.5. The molecule has 28 heavy (non-hydrogen) atoms. The maximum Gasteiger partial charge on any atom is 0.255 e. The average Bonchev–Trinajstić information content (AvgIpc) is 2.69. The van der Waals surface area contributed by atoms with Crippen molar-refractivity contribution in [3.05, 3.63) is 48.0 Å². The zero-order chi connectivity index (χ0) is 20.5. The van der Waals surface area contributed by atoms with Crippen LogP contribution in [0.25, 0.3) is 0 Å². The van der Waals surface area contributed by atoms with Gasteiger partial charge in [-0.2, -0.15) is 0 Å². The van der Waals surface area contributed by atoms with Gasteiger partial charge in [0.2, 0.25) is 5.91 Å². The third kappa shape index (κ3) is 5.73. The Morgan fingerprint density at radius 2 is 1.46 bits per heavy atom. The summed E-state index contributed by atoms with van der Waals surface area (Å²) in [4.78, 5) is 34.8. The number of anilines is 2. The molecule has 0 fully saturated rings. The Morgan fingerprint density at radius 1 is 0.893 bits per heavy atom. The highest BCUT2D eigenvalue weighted by molar-refractivity contribution is 6.05. The molecule has 0 bridgehead atoms. The summed E-state index contributed by atoms with van der Waals surface area (Å²) < 4.78 is 10.6. The van der Waals surface area contributed by atoms with Gasteiger partial charge >= 0.3 is 0 Å². The molecule has 0 spiro atoms. The average molecular weight is 385 g/mol. The highest BCUT2D eigenvalue weighted by Crippen LogP contribution is 2.36. The summed E-state index contributed by atoms with van der Waals surface area (Å²) >= 11 is 0. The molecule has 8 heteroatoms. The normalized spacial score (nSPS) is 10.1. The SMILES string of the molecule is COc1cc(NC(=O)c2ccccc2)c(OC)cc1NC(=O)CCCC(=O)[O-].